The molecule has 8 heteroatoms. The van der Waals surface area contributed by atoms with Crippen molar-refractivity contribution in [2.24, 2.45) is 0 Å². The van der Waals surface area contributed by atoms with E-state index in [1.54, 1.807) is 24.4 Å². The lowest BCUT2D eigenvalue weighted by Gasteiger charge is -2.17. The van der Waals surface area contributed by atoms with Gasteiger partial charge >= 0.3 is 5.97 Å². The number of carbonyl (C=O) groups excluding carboxylic acids is 2. The van der Waals surface area contributed by atoms with E-state index in [-0.39, 0.29) is 22.0 Å². The van der Waals surface area contributed by atoms with Crippen molar-refractivity contribution in [3.05, 3.63) is 93.6 Å². The molecule has 0 radical (unpaired) electrons. The van der Waals surface area contributed by atoms with Crippen molar-refractivity contribution < 1.29 is 14.3 Å². The SMILES string of the molecule is COC(=O)[C@H](Cc1ccc(C#CCCNc2ccccn2)cc1)NC(=O)c1c(Cl)cccc1Cl. The first kappa shape index (κ1) is 25.1. The number of benzene rings is 2. The molecule has 1 heterocycles. The number of nitrogens with zero attached hydrogens (tertiary/aromatic N) is 1. The van der Waals surface area contributed by atoms with Crippen molar-refractivity contribution >= 4 is 40.9 Å². The van der Waals surface area contributed by atoms with E-state index in [1.807, 2.05) is 42.5 Å². The molecule has 0 saturated carbocycles. The molecule has 6 nitrogen and oxygen atoms in total. The van der Waals surface area contributed by atoms with Crippen LogP contribution in [0.2, 0.25) is 10.0 Å². The fourth-order valence-electron chi connectivity index (χ4n) is 3.13. The van der Waals surface area contributed by atoms with Gasteiger partial charge in [-0.25, -0.2) is 9.78 Å². The smallest absolute Gasteiger partial charge is 0.328 e. The highest BCUT2D eigenvalue weighted by Gasteiger charge is 2.24. The second-order valence-electron chi connectivity index (χ2n) is 7.24. The highest BCUT2D eigenvalue weighted by Crippen LogP contribution is 2.24. The van der Waals surface area contributed by atoms with Crippen molar-refractivity contribution in [1.82, 2.24) is 10.3 Å². The van der Waals surface area contributed by atoms with E-state index in [0.717, 1.165) is 16.9 Å². The molecule has 174 valence electrons. The van der Waals surface area contributed by atoms with Crippen molar-refractivity contribution in [3.8, 4) is 11.8 Å². The van der Waals surface area contributed by atoms with Crippen LogP contribution in [0, 0.1) is 11.8 Å². The number of carbonyl (C=O) groups is 2. The third kappa shape index (κ3) is 7.24. The molecule has 2 aromatic carbocycles. The second kappa shape index (κ2) is 12.6. The second-order valence-corrected chi connectivity index (χ2v) is 8.05. The summed E-state index contributed by atoms with van der Waals surface area (Å²) in [5, 5.41) is 6.27. The molecule has 0 saturated heterocycles. The molecule has 2 N–H and O–H groups in total. The molecule has 0 bridgehead atoms. The van der Waals surface area contributed by atoms with Crippen LogP contribution in [0.1, 0.15) is 27.9 Å². The topological polar surface area (TPSA) is 80.3 Å². The maximum absolute atomic E-state index is 12.7. The van der Waals surface area contributed by atoms with Crippen LogP contribution in [-0.2, 0) is 16.0 Å². The summed E-state index contributed by atoms with van der Waals surface area (Å²) in [5.41, 5.74) is 1.80. The van der Waals surface area contributed by atoms with Gasteiger partial charge in [0.2, 0.25) is 0 Å². The minimum atomic E-state index is -0.903. The zero-order chi connectivity index (χ0) is 24.3. The number of pyridine rings is 1. The molecular formula is C26H23Cl2N3O3. The quantitative estimate of drug-likeness (QED) is 0.267. The van der Waals surface area contributed by atoms with Crippen LogP contribution in [0.5, 0.6) is 0 Å². The summed E-state index contributed by atoms with van der Waals surface area (Å²) in [5.74, 6) is 5.93. The van der Waals surface area contributed by atoms with Gasteiger partial charge in [0.15, 0.2) is 0 Å². The minimum Gasteiger partial charge on any atom is -0.467 e. The monoisotopic (exact) mass is 495 g/mol. The summed E-state index contributed by atoms with van der Waals surface area (Å²) in [6, 6.07) is 17.0. The lowest BCUT2D eigenvalue weighted by Crippen LogP contribution is -2.43. The van der Waals surface area contributed by atoms with Crippen molar-refractivity contribution in [2.75, 3.05) is 19.0 Å². The van der Waals surface area contributed by atoms with E-state index < -0.39 is 17.9 Å². The molecule has 3 aromatic rings. The Morgan fingerprint density at radius 3 is 2.41 bits per heavy atom. The molecule has 0 aliphatic rings. The number of anilines is 1. The maximum Gasteiger partial charge on any atom is 0.328 e. The van der Waals surface area contributed by atoms with Crippen LogP contribution < -0.4 is 10.6 Å². The molecule has 0 fully saturated rings. The van der Waals surface area contributed by atoms with Gasteiger partial charge in [-0.1, -0.05) is 59.3 Å². The first-order chi connectivity index (χ1) is 16.5. The van der Waals surface area contributed by atoms with Gasteiger partial charge < -0.3 is 15.4 Å². The van der Waals surface area contributed by atoms with E-state index in [9.17, 15) is 9.59 Å². The van der Waals surface area contributed by atoms with E-state index in [1.165, 1.54) is 7.11 Å². The van der Waals surface area contributed by atoms with Gasteiger partial charge in [-0.2, -0.15) is 0 Å². The third-order valence-electron chi connectivity index (χ3n) is 4.83. The van der Waals surface area contributed by atoms with Crippen LogP contribution in [0.15, 0.2) is 66.9 Å². The number of halogens is 2. The lowest BCUT2D eigenvalue weighted by atomic mass is 10.0. The standard InChI is InChI=1S/C26H23Cl2N3O3/c1-34-26(33)22(31-25(32)24-20(27)8-6-9-21(24)28)17-19-13-11-18(12-14-19)7-2-4-15-29-23-10-3-5-16-30-23/h3,5-6,8-14,16,22H,4,15,17H2,1H3,(H,29,30)(H,31,32)/t22-/m0/s1. The fourth-order valence-corrected chi connectivity index (χ4v) is 3.69. The molecule has 3 rings (SSSR count). The number of esters is 1. The first-order valence-electron chi connectivity index (χ1n) is 10.5. The Balaban J connectivity index is 1.59. The van der Waals surface area contributed by atoms with E-state index >= 15 is 0 Å². The minimum absolute atomic E-state index is 0.114. The van der Waals surface area contributed by atoms with E-state index in [2.05, 4.69) is 27.5 Å². The van der Waals surface area contributed by atoms with Crippen LogP contribution in [0.4, 0.5) is 5.82 Å². The van der Waals surface area contributed by atoms with Crippen LogP contribution in [-0.4, -0.2) is 36.6 Å². The lowest BCUT2D eigenvalue weighted by molar-refractivity contribution is -0.142. The Morgan fingerprint density at radius 2 is 1.76 bits per heavy atom. The Labute approximate surface area is 208 Å². The van der Waals surface area contributed by atoms with E-state index in [0.29, 0.717) is 13.0 Å². The van der Waals surface area contributed by atoms with Crippen LogP contribution in [0.25, 0.3) is 0 Å². The summed E-state index contributed by atoms with van der Waals surface area (Å²) in [6.07, 6.45) is 2.64. The number of hydrogen-bond acceptors (Lipinski definition) is 5. The summed E-state index contributed by atoms with van der Waals surface area (Å²) in [7, 11) is 1.27. The normalized spacial score (nSPS) is 11.0. The molecule has 1 amide bonds. The molecule has 1 atom stereocenters. The molecule has 0 aliphatic heterocycles. The predicted molar refractivity (Wildman–Crippen MR) is 134 cm³/mol. The molecule has 34 heavy (non-hydrogen) atoms. The van der Waals surface area contributed by atoms with Crippen LogP contribution >= 0.6 is 23.2 Å². The predicted octanol–water partition coefficient (Wildman–Crippen LogP) is 4.76. The average Bonchev–Trinajstić information content (AvgIpc) is 2.84. The van der Waals surface area contributed by atoms with E-state index in [4.69, 9.17) is 27.9 Å². The molecule has 1 aromatic heterocycles. The maximum atomic E-state index is 12.7. The van der Waals surface area contributed by atoms with Crippen molar-refractivity contribution in [3.63, 3.8) is 0 Å². The molecule has 0 spiro atoms. The summed E-state index contributed by atoms with van der Waals surface area (Å²) >= 11 is 12.2. The molecular weight excluding hydrogens is 473 g/mol. The number of nitrogens with one attached hydrogen (secondary N) is 2. The van der Waals surface area contributed by atoms with Crippen LogP contribution in [0.3, 0.4) is 0 Å². The Morgan fingerprint density at radius 1 is 1.03 bits per heavy atom. The Hall–Kier alpha value is -3.53. The zero-order valence-electron chi connectivity index (χ0n) is 18.5. The van der Waals surface area contributed by atoms with Crippen molar-refractivity contribution in [2.45, 2.75) is 18.9 Å². The number of amides is 1. The van der Waals surface area contributed by atoms with Gasteiger partial charge in [0, 0.05) is 31.1 Å². The van der Waals surface area contributed by atoms with Crippen molar-refractivity contribution in [1.29, 1.82) is 0 Å². The molecule has 0 aliphatic carbocycles. The van der Waals surface area contributed by atoms with Gasteiger partial charge in [0.25, 0.3) is 5.91 Å². The summed E-state index contributed by atoms with van der Waals surface area (Å²) in [4.78, 5) is 29.2. The number of methoxy groups -OCH3 is 1. The zero-order valence-corrected chi connectivity index (χ0v) is 20.0. The van der Waals surface area contributed by atoms with Gasteiger partial charge in [-0.3, -0.25) is 4.79 Å². The first-order valence-corrected chi connectivity index (χ1v) is 11.3. The largest absolute Gasteiger partial charge is 0.467 e. The highest BCUT2D eigenvalue weighted by atomic mass is 35.5. The number of ether oxygens (including phenoxy) is 1. The number of aromatic nitrogens is 1. The van der Waals surface area contributed by atoms with Gasteiger partial charge in [0.1, 0.15) is 11.9 Å². The summed E-state index contributed by atoms with van der Waals surface area (Å²) in [6.45, 7) is 0.693. The van der Waals surface area contributed by atoms with Gasteiger partial charge in [0.05, 0.1) is 22.7 Å². The van der Waals surface area contributed by atoms with Gasteiger partial charge in [-0.15, -0.1) is 0 Å². The highest BCUT2D eigenvalue weighted by molar-refractivity contribution is 6.39. The number of hydrogen-bond donors (Lipinski definition) is 2. The Kier molecular flexibility index (Phi) is 9.33. The fraction of sp³-hybridized carbons (Fsp3) is 0.192. The average molecular weight is 496 g/mol. The van der Waals surface area contributed by atoms with Gasteiger partial charge in [-0.05, 0) is 42.0 Å². The third-order valence-corrected chi connectivity index (χ3v) is 5.46. The molecule has 0 unspecified atom stereocenters. The number of rotatable bonds is 8. The summed E-state index contributed by atoms with van der Waals surface area (Å²) < 4.78 is 4.86. The Bertz CT molecular complexity index is 1170.